The molecule has 24 heavy (non-hydrogen) atoms. The minimum absolute atomic E-state index is 0.621. The van der Waals surface area contributed by atoms with E-state index in [1.54, 1.807) is 0 Å². The van der Waals surface area contributed by atoms with E-state index in [0.717, 1.165) is 22.6 Å². The topological polar surface area (TPSA) is 33.0 Å². The third-order valence-corrected chi connectivity index (χ3v) is 4.38. The minimum atomic E-state index is 0.621. The van der Waals surface area contributed by atoms with E-state index in [-0.39, 0.29) is 0 Å². The van der Waals surface area contributed by atoms with Gasteiger partial charge in [-0.2, -0.15) is 5.26 Å². The molecule has 0 N–H and O–H groups in total. The van der Waals surface area contributed by atoms with Crippen LogP contribution in [0.1, 0.15) is 18.9 Å². The second-order valence-corrected chi connectivity index (χ2v) is 6.02. The SMILES string of the molecule is CCCOc1ccc2cc3cc4ccccc4cc3cc2c1C#N. The molecule has 0 unspecified atom stereocenters. The Balaban J connectivity index is 2.01. The predicted molar refractivity (Wildman–Crippen MR) is 99.5 cm³/mol. The fourth-order valence-corrected chi connectivity index (χ4v) is 3.19. The van der Waals surface area contributed by atoms with Gasteiger partial charge in [-0.1, -0.05) is 37.3 Å². The van der Waals surface area contributed by atoms with Crippen molar-refractivity contribution >= 4 is 32.3 Å². The van der Waals surface area contributed by atoms with Gasteiger partial charge in [-0.05, 0) is 63.7 Å². The maximum Gasteiger partial charge on any atom is 0.137 e. The van der Waals surface area contributed by atoms with Gasteiger partial charge in [-0.3, -0.25) is 0 Å². The molecular weight excluding hydrogens is 294 g/mol. The Kier molecular flexibility index (Phi) is 3.55. The van der Waals surface area contributed by atoms with Crippen LogP contribution in [0.2, 0.25) is 0 Å². The average molecular weight is 311 g/mol. The Labute approximate surface area is 140 Å². The van der Waals surface area contributed by atoms with Gasteiger partial charge in [0.1, 0.15) is 17.4 Å². The van der Waals surface area contributed by atoms with Gasteiger partial charge in [0.05, 0.1) is 6.61 Å². The highest BCUT2D eigenvalue weighted by Crippen LogP contribution is 2.32. The van der Waals surface area contributed by atoms with Crippen LogP contribution in [0.15, 0.2) is 60.7 Å². The predicted octanol–water partition coefficient (Wildman–Crippen LogP) is 5.81. The third-order valence-electron chi connectivity index (χ3n) is 4.38. The number of hydrogen-bond donors (Lipinski definition) is 0. The lowest BCUT2D eigenvalue weighted by molar-refractivity contribution is 0.317. The van der Waals surface area contributed by atoms with Gasteiger partial charge >= 0.3 is 0 Å². The molecule has 0 aliphatic rings. The molecule has 0 aromatic heterocycles. The summed E-state index contributed by atoms with van der Waals surface area (Å²) in [4.78, 5) is 0. The van der Waals surface area contributed by atoms with Crippen molar-refractivity contribution in [2.45, 2.75) is 13.3 Å². The molecule has 0 heterocycles. The molecule has 4 rings (SSSR count). The first-order valence-corrected chi connectivity index (χ1v) is 8.22. The van der Waals surface area contributed by atoms with Crippen molar-refractivity contribution in [3.05, 3.63) is 66.2 Å². The zero-order valence-corrected chi connectivity index (χ0v) is 13.5. The second kappa shape index (κ2) is 5.86. The second-order valence-electron chi connectivity index (χ2n) is 6.02. The molecule has 4 aromatic carbocycles. The maximum absolute atomic E-state index is 9.63. The van der Waals surface area contributed by atoms with E-state index in [4.69, 9.17) is 4.74 Å². The zero-order valence-electron chi connectivity index (χ0n) is 13.5. The van der Waals surface area contributed by atoms with E-state index in [9.17, 15) is 5.26 Å². The van der Waals surface area contributed by atoms with Gasteiger partial charge in [0.15, 0.2) is 0 Å². The number of hydrogen-bond acceptors (Lipinski definition) is 2. The molecule has 0 bridgehead atoms. The Morgan fingerprint density at radius 3 is 2.17 bits per heavy atom. The van der Waals surface area contributed by atoms with Gasteiger partial charge in [0, 0.05) is 5.39 Å². The summed E-state index contributed by atoms with van der Waals surface area (Å²) < 4.78 is 5.75. The van der Waals surface area contributed by atoms with E-state index in [2.05, 4.69) is 55.5 Å². The van der Waals surface area contributed by atoms with Crippen LogP contribution in [0.5, 0.6) is 5.75 Å². The van der Waals surface area contributed by atoms with Crippen LogP contribution in [0.4, 0.5) is 0 Å². The summed E-state index contributed by atoms with van der Waals surface area (Å²) in [6, 6.07) is 23.3. The molecule has 0 saturated heterocycles. The van der Waals surface area contributed by atoms with E-state index < -0.39 is 0 Å². The van der Waals surface area contributed by atoms with Crippen molar-refractivity contribution in [1.82, 2.24) is 0 Å². The van der Waals surface area contributed by atoms with Crippen molar-refractivity contribution < 1.29 is 4.74 Å². The van der Waals surface area contributed by atoms with Crippen LogP contribution in [0.3, 0.4) is 0 Å². The van der Waals surface area contributed by atoms with E-state index >= 15 is 0 Å². The number of ether oxygens (including phenoxy) is 1. The first-order chi connectivity index (χ1) is 11.8. The molecule has 0 saturated carbocycles. The van der Waals surface area contributed by atoms with Crippen molar-refractivity contribution in [2.24, 2.45) is 0 Å². The molecule has 0 aliphatic carbocycles. The number of nitrogens with zero attached hydrogens (tertiary/aromatic N) is 1. The number of nitriles is 1. The Morgan fingerprint density at radius 2 is 1.50 bits per heavy atom. The van der Waals surface area contributed by atoms with E-state index in [0.29, 0.717) is 17.9 Å². The number of benzene rings is 4. The molecule has 4 aromatic rings. The smallest absolute Gasteiger partial charge is 0.137 e. The summed E-state index contributed by atoms with van der Waals surface area (Å²) in [6.07, 6.45) is 0.923. The molecule has 0 amide bonds. The monoisotopic (exact) mass is 311 g/mol. The highest BCUT2D eigenvalue weighted by atomic mass is 16.5. The quantitative estimate of drug-likeness (QED) is 0.447. The molecule has 0 fully saturated rings. The van der Waals surface area contributed by atoms with Crippen LogP contribution in [0, 0.1) is 11.3 Å². The van der Waals surface area contributed by atoms with Crippen molar-refractivity contribution in [3.63, 3.8) is 0 Å². The van der Waals surface area contributed by atoms with Gasteiger partial charge < -0.3 is 4.74 Å². The van der Waals surface area contributed by atoms with Crippen LogP contribution in [-0.2, 0) is 0 Å². The van der Waals surface area contributed by atoms with Crippen molar-refractivity contribution in [2.75, 3.05) is 6.61 Å². The summed E-state index contributed by atoms with van der Waals surface area (Å²) in [7, 11) is 0. The molecule has 0 radical (unpaired) electrons. The Morgan fingerprint density at radius 1 is 0.833 bits per heavy atom. The first kappa shape index (κ1) is 14.5. The molecule has 116 valence electrons. The zero-order chi connectivity index (χ0) is 16.5. The molecule has 0 aliphatic heterocycles. The highest BCUT2D eigenvalue weighted by molar-refractivity contribution is 6.06. The number of rotatable bonds is 3. The third kappa shape index (κ3) is 2.35. The van der Waals surface area contributed by atoms with Gasteiger partial charge in [-0.25, -0.2) is 0 Å². The van der Waals surface area contributed by atoms with Crippen LogP contribution in [-0.4, -0.2) is 6.61 Å². The summed E-state index contributed by atoms with van der Waals surface area (Å²) in [6.45, 7) is 2.68. The van der Waals surface area contributed by atoms with Crippen LogP contribution in [0.25, 0.3) is 32.3 Å². The minimum Gasteiger partial charge on any atom is -0.492 e. The molecule has 0 spiro atoms. The number of fused-ring (bicyclic) bond motifs is 3. The van der Waals surface area contributed by atoms with E-state index in [1.807, 2.05) is 18.2 Å². The Bertz CT molecular complexity index is 1110. The molecule has 0 atom stereocenters. The van der Waals surface area contributed by atoms with Crippen LogP contribution >= 0.6 is 0 Å². The van der Waals surface area contributed by atoms with Gasteiger partial charge in [0.2, 0.25) is 0 Å². The lowest BCUT2D eigenvalue weighted by Crippen LogP contribution is -1.97. The largest absolute Gasteiger partial charge is 0.492 e. The fraction of sp³-hybridized carbons (Fsp3) is 0.136. The standard InChI is InChI=1S/C22H17NO/c1-2-9-24-22-8-7-17-12-18-10-15-5-3-4-6-16(15)11-19(18)13-20(17)21(22)14-23/h3-8,10-13H,2,9H2,1H3. The summed E-state index contributed by atoms with van der Waals surface area (Å²) in [5, 5.41) is 16.4. The molecule has 2 nitrogen and oxygen atoms in total. The first-order valence-electron chi connectivity index (χ1n) is 8.22. The van der Waals surface area contributed by atoms with Crippen LogP contribution < -0.4 is 4.74 Å². The Hall–Kier alpha value is -3.05. The summed E-state index contributed by atoms with van der Waals surface area (Å²) in [5.41, 5.74) is 0.621. The summed E-state index contributed by atoms with van der Waals surface area (Å²) >= 11 is 0. The van der Waals surface area contributed by atoms with Crippen molar-refractivity contribution in [3.8, 4) is 11.8 Å². The highest BCUT2D eigenvalue weighted by Gasteiger charge is 2.10. The molecular formula is C22H17NO. The lowest BCUT2D eigenvalue weighted by atomic mass is 9.97. The average Bonchev–Trinajstić information content (AvgIpc) is 2.62. The fourth-order valence-electron chi connectivity index (χ4n) is 3.19. The van der Waals surface area contributed by atoms with Gasteiger partial charge in [-0.15, -0.1) is 0 Å². The lowest BCUT2D eigenvalue weighted by Gasteiger charge is -2.11. The normalized spacial score (nSPS) is 11.0. The van der Waals surface area contributed by atoms with Crippen molar-refractivity contribution in [1.29, 1.82) is 5.26 Å². The maximum atomic E-state index is 9.63. The van der Waals surface area contributed by atoms with Gasteiger partial charge in [0.25, 0.3) is 0 Å². The molecule has 2 heteroatoms. The van der Waals surface area contributed by atoms with E-state index in [1.165, 1.54) is 16.2 Å². The summed E-state index contributed by atoms with van der Waals surface area (Å²) in [5.74, 6) is 0.673.